The average molecular weight is 337 g/mol. The number of anilines is 1. The summed E-state index contributed by atoms with van der Waals surface area (Å²) in [6.45, 7) is 1.27. The molecule has 124 valence electrons. The van der Waals surface area contributed by atoms with Gasteiger partial charge >= 0.3 is 0 Å². The van der Waals surface area contributed by atoms with E-state index in [2.05, 4.69) is 5.32 Å². The number of hydrogen-bond donors (Lipinski definition) is 1. The molecule has 3 rings (SSSR count). The highest BCUT2D eigenvalue weighted by molar-refractivity contribution is 6.33. The van der Waals surface area contributed by atoms with Crippen molar-refractivity contribution in [3.8, 4) is 0 Å². The summed E-state index contributed by atoms with van der Waals surface area (Å²) in [7, 11) is 0. The van der Waals surface area contributed by atoms with Gasteiger partial charge in [-0.1, -0.05) is 23.7 Å². The Balaban J connectivity index is 1.51. The van der Waals surface area contributed by atoms with Gasteiger partial charge in [0, 0.05) is 26.0 Å². The second-order valence-electron chi connectivity index (χ2n) is 6.10. The van der Waals surface area contributed by atoms with Gasteiger partial charge in [-0.2, -0.15) is 0 Å². The van der Waals surface area contributed by atoms with Gasteiger partial charge in [0.15, 0.2) is 0 Å². The van der Waals surface area contributed by atoms with Crippen molar-refractivity contribution in [2.75, 3.05) is 18.1 Å². The first-order valence-corrected chi connectivity index (χ1v) is 8.47. The van der Waals surface area contributed by atoms with E-state index in [1.54, 1.807) is 11.0 Å². The minimum atomic E-state index is -0.157. The van der Waals surface area contributed by atoms with E-state index >= 15 is 0 Å². The zero-order chi connectivity index (χ0) is 16.2. The Morgan fingerprint density at radius 1 is 1.39 bits per heavy atom. The van der Waals surface area contributed by atoms with Crippen molar-refractivity contribution in [1.29, 1.82) is 0 Å². The fourth-order valence-electron chi connectivity index (χ4n) is 3.17. The maximum Gasteiger partial charge on any atom is 0.229 e. The van der Waals surface area contributed by atoms with Gasteiger partial charge in [0.05, 0.1) is 22.9 Å². The summed E-state index contributed by atoms with van der Waals surface area (Å²) in [6.07, 6.45) is 3.84. The highest BCUT2D eigenvalue weighted by atomic mass is 35.5. The van der Waals surface area contributed by atoms with Gasteiger partial charge in [-0.3, -0.25) is 9.59 Å². The molecule has 2 heterocycles. The van der Waals surface area contributed by atoms with Crippen LogP contribution >= 0.6 is 11.6 Å². The van der Waals surface area contributed by atoms with Crippen molar-refractivity contribution in [2.24, 2.45) is 0 Å². The third-order valence-electron chi connectivity index (χ3n) is 4.35. The Labute approximate surface area is 140 Å². The minimum Gasteiger partial charge on any atom is -0.378 e. The first kappa shape index (κ1) is 16.3. The molecule has 2 aliphatic heterocycles. The molecule has 2 atom stereocenters. The molecule has 0 saturated carbocycles. The second kappa shape index (κ2) is 7.32. The van der Waals surface area contributed by atoms with Crippen molar-refractivity contribution >= 4 is 29.1 Å². The van der Waals surface area contributed by atoms with Crippen molar-refractivity contribution in [2.45, 2.75) is 44.2 Å². The average Bonchev–Trinajstić information content (AvgIpc) is 3.16. The third-order valence-corrected chi connectivity index (χ3v) is 4.67. The molecular weight excluding hydrogens is 316 g/mol. The first-order chi connectivity index (χ1) is 11.1. The molecule has 6 heteroatoms. The zero-order valence-electron chi connectivity index (χ0n) is 13.0. The summed E-state index contributed by atoms with van der Waals surface area (Å²) in [4.78, 5) is 25.9. The van der Waals surface area contributed by atoms with Crippen LogP contribution in [0.5, 0.6) is 0 Å². The van der Waals surface area contributed by atoms with Crippen LogP contribution < -0.4 is 10.2 Å². The molecule has 0 unspecified atom stereocenters. The van der Waals surface area contributed by atoms with E-state index in [1.165, 1.54) is 0 Å². The quantitative estimate of drug-likeness (QED) is 0.898. The van der Waals surface area contributed by atoms with E-state index in [1.807, 2.05) is 18.2 Å². The fraction of sp³-hybridized carbons (Fsp3) is 0.529. The largest absolute Gasteiger partial charge is 0.378 e. The molecule has 23 heavy (non-hydrogen) atoms. The van der Waals surface area contributed by atoms with Gasteiger partial charge in [0.25, 0.3) is 0 Å². The van der Waals surface area contributed by atoms with Gasteiger partial charge in [0.2, 0.25) is 11.8 Å². The molecule has 0 aliphatic carbocycles. The van der Waals surface area contributed by atoms with Gasteiger partial charge in [0.1, 0.15) is 0 Å². The lowest BCUT2D eigenvalue weighted by atomic mass is 10.1. The molecule has 0 spiro atoms. The van der Waals surface area contributed by atoms with E-state index < -0.39 is 0 Å². The van der Waals surface area contributed by atoms with Crippen LogP contribution in [-0.2, 0) is 14.3 Å². The maximum absolute atomic E-state index is 12.2. The lowest BCUT2D eigenvalue weighted by Crippen LogP contribution is -2.37. The van der Waals surface area contributed by atoms with E-state index in [0.717, 1.165) is 25.9 Å². The molecule has 1 aromatic carbocycles. The van der Waals surface area contributed by atoms with Gasteiger partial charge in [-0.05, 0) is 31.4 Å². The monoisotopic (exact) mass is 336 g/mol. The minimum absolute atomic E-state index is 0.0115. The normalized spacial score (nSPS) is 24.2. The molecule has 5 nitrogen and oxygen atoms in total. The molecule has 0 aromatic heterocycles. The standard InChI is InChI=1S/C17H21ClN2O3/c18-14-5-1-2-6-15(14)20-11-12(10-17(20)22)19-16(21)8-7-13-4-3-9-23-13/h1-2,5-6,12-13H,3-4,7-11H2,(H,19,21)/t12-,13+/m0/s1. The Kier molecular flexibility index (Phi) is 5.18. The predicted octanol–water partition coefficient (Wildman–Crippen LogP) is 2.52. The van der Waals surface area contributed by atoms with Gasteiger partial charge in [-0.15, -0.1) is 0 Å². The lowest BCUT2D eigenvalue weighted by molar-refractivity contribution is -0.122. The number of rotatable bonds is 5. The van der Waals surface area contributed by atoms with Crippen molar-refractivity contribution < 1.29 is 14.3 Å². The summed E-state index contributed by atoms with van der Waals surface area (Å²) in [5.41, 5.74) is 0.704. The molecule has 1 aromatic rings. The summed E-state index contributed by atoms with van der Waals surface area (Å²) in [5.74, 6) is -0.0261. The highest BCUT2D eigenvalue weighted by Crippen LogP contribution is 2.29. The fourth-order valence-corrected chi connectivity index (χ4v) is 3.41. The molecule has 2 aliphatic rings. The number of carbonyl (C=O) groups excluding carboxylic acids is 2. The number of carbonyl (C=O) groups is 2. The third kappa shape index (κ3) is 4.03. The van der Waals surface area contributed by atoms with Crippen molar-refractivity contribution in [3.63, 3.8) is 0 Å². The molecule has 2 fully saturated rings. The zero-order valence-corrected chi connectivity index (χ0v) is 13.7. The van der Waals surface area contributed by atoms with Gasteiger partial charge in [-0.25, -0.2) is 0 Å². The van der Waals surface area contributed by atoms with Crippen LogP contribution in [0.15, 0.2) is 24.3 Å². The van der Waals surface area contributed by atoms with E-state index in [9.17, 15) is 9.59 Å². The number of hydrogen-bond acceptors (Lipinski definition) is 3. The maximum atomic E-state index is 12.2. The lowest BCUT2D eigenvalue weighted by Gasteiger charge is -2.18. The summed E-state index contributed by atoms with van der Waals surface area (Å²) >= 11 is 6.15. The van der Waals surface area contributed by atoms with Crippen molar-refractivity contribution in [3.05, 3.63) is 29.3 Å². The highest BCUT2D eigenvalue weighted by Gasteiger charge is 2.32. The molecule has 0 bridgehead atoms. The smallest absolute Gasteiger partial charge is 0.229 e. The van der Waals surface area contributed by atoms with Crippen LogP contribution in [0.2, 0.25) is 5.02 Å². The number of halogens is 1. The molecule has 1 N–H and O–H groups in total. The number of ether oxygens (including phenoxy) is 1. The summed E-state index contributed by atoms with van der Waals surface area (Å²) in [5, 5.41) is 3.50. The van der Waals surface area contributed by atoms with E-state index in [0.29, 0.717) is 30.1 Å². The Morgan fingerprint density at radius 2 is 2.22 bits per heavy atom. The first-order valence-electron chi connectivity index (χ1n) is 8.09. The van der Waals surface area contributed by atoms with Crippen LogP contribution in [0.1, 0.15) is 32.1 Å². The van der Waals surface area contributed by atoms with Crippen LogP contribution in [-0.4, -0.2) is 37.1 Å². The van der Waals surface area contributed by atoms with Crippen LogP contribution in [0, 0.1) is 0 Å². The van der Waals surface area contributed by atoms with Crippen LogP contribution in [0.25, 0.3) is 0 Å². The molecule has 0 radical (unpaired) electrons. The molecule has 2 amide bonds. The molecule has 2 saturated heterocycles. The van der Waals surface area contributed by atoms with Crippen molar-refractivity contribution in [1.82, 2.24) is 5.32 Å². The SMILES string of the molecule is O=C(CC[C@H]1CCCO1)N[C@H]1CC(=O)N(c2ccccc2Cl)C1. The summed E-state index contributed by atoms with van der Waals surface area (Å²) < 4.78 is 5.52. The molecular formula is C17H21ClN2O3. The van der Waals surface area contributed by atoms with E-state index in [4.69, 9.17) is 16.3 Å². The Morgan fingerprint density at radius 3 is 2.96 bits per heavy atom. The second-order valence-corrected chi connectivity index (χ2v) is 6.51. The number of para-hydroxylation sites is 1. The number of amides is 2. The topological polar surface area (TPSA) is 58.6 Å². The Bertz CT molecular complexity index is 587. The number of nitrogens with one attached hydrogen (secondary N) is 1. The van der Waals surface area contributed by atoms with Crippen LogP contribution in [0.4, 0.5) is 5.69 Å². The summed E-state index contributed by atoms with van der Waals surface area (Å²) in [6, 6.07) is 7.11. The van der Waals surface area contributed by atoms with Crippen LogP contribution in [0.3, 0.4) is 0 Å². The Hall–Kier alpha value is -1.59. The van der Waals surface area contributed by atoms with Gasteiger partial charge < -0.3 is 15.0 Å². The predicted molar refractivity (Wildman–Crippen MR) is 88.6 cm³/mol. The van der Waals surface area contributed by atoms with E-state index in [-0.39, 0.29) is 24.0 Å². The number of benzene rings is 1. The number of nitrogens with zero attached hydrogens (tertiary/aromatic N) is 1.